The highest BCUT2D eigenvalue weighted by Crippen LogP contribution is 2.19. The summed E-state index contributed by atoms with van der Waals surface area (Å²) in [5, 5.41) is 27.0. The van der Waals surface area contributed by atoms with E-state index in [1.807, 2.05) is 6.07 Å². The van der Waals surface area contributed by atoms with Gasteiger partial charge in [-0.1, -0.05) is 25.1 Å². The van der Waals surface area contributed by atoms with E-state index in [1.54, 1.807) is 24.3 Å². The van der Waals surface area contributed by atoms with Crippen molar-refractivity contribution < 1.29 is 24.9 Å². The zero-order valence-electron chi connectivity index (χ0n) is 11.0. The number of carbonyl (C=O) groups excluding carboxylic acids is 1. The third kappa shape index (κ3) is 4.87. The Balaban J connectivity index is 2.65. The normalized spacial score (nSPS) is 13.6. The summed E-state index contributed by atoms with van der Waals surface area (Å²) in [7, 11) is 0. The van der Waals surface area contributed by atoms with Crippen LogP contribution in [0.5, 0.6) is 0 Å². The van der Waals surface area contributed by atoms with Crippen LogP contribution in [0.25, 0.3) is 0 Å². The number of aliphatic carboxylic acids is 1. The van der Waals surface area contributed by atoms with E-state index in [-0.39, 0.29) is 0 Å². The van der Waals surface area contributed by atoms with Gasteiger partial charge in [-0.2, -0.15) is 0 Å². The van der Waals surface area contributed by atoms with Gasteiger partial charge in [0.25, 0.3) is 0 Å². The van der Waals surface area contributed by atoms with Crippen LogP contribution in [0.3, 0.4) is 0 Å². The maximum Gasteiger partial charge on any atom is 0.304 e. The van der Waals surface area contributed by atoms with Crippen LogP contribution < -0.4 is 10.9 Å². The summed E-state index contributed by atoms with van der Waals surface area (Å²) in [5.74, 6) is -3.75. The first-order valence-electron chi connectivity index (χ1n) is 6.10. The molecular formula is C13H18N2O5. The number of para-hydroxylation sites is 1. The third-order valence-electron chi connectivity index (χ3n) is 2.94. The smallest absolute Gasteiger partial charge is 0.304 e. The number of hydrazine groups is 1. The van der Waals surface area contributed by atoms with Gasteiger partial charge in [0.15, 0.2) is 6.29 Å². The summed E-state index contributed by atoms with van der Waals surface area (Å²) in [6, 6.07) is 8.78. The first-order valence-corrected chi connectivity index (χ1v) is 6.10. The van der Waals surface area contributed by atoms with Crippen LogP contribution in [0.2, 0.25) is 0 Å². The van der Waals surface area contributed by atoms with E-state index in [1.165, 1.54) is 6.92 Å². The summed E-state index contributed by atoms with van der Waals surface area (Å²) in [6.45, 7) is 1.40. The predicted octanol–water partition coefficient (Wildman–Crippen LogP) is 0.167. The molecule has 5 N–H and O–H groups in total. The van der Waals surface area contributed by atoms with Gasteiger partial charge in [-0.05, 0) is 12.1 Å². The van der Waals surface area contributed by atoms with Crippen molar-refractivity contribution in [1.29, 1.82) is 0 Å². The fourth-order valence-electron chi connectivity index (χ4n) is 1.66. The second kappa shape index (κ2) is 7.46. The topological polar surface area (TPSA) is 119 Å². The average Bonchev–Trinajstić information content (AvgIpc) is 2.42. The molecule has 1 amide bonds. The molecule has 1 aromatic carbocycles. The minimum atomic E-state index is -1.76. The van der Waals surface area contributed by atoms with Crippen LogP contribution >= 0.6 is 0 Å². The Morgan fingerprint density at radius 3 is 2.30 bits per heavy atom. The molecular weight excluding hydrogens is 264 g/mol. The maximum absolute atomic E-state index is 11.9. The molecule has 0 spiro atoms. The Morgan fingerprint density at radius 1 is 1.20 bits per heavy atom. The van der Waals surface area contributed by atoms with Crippen molar-refractivity contribution in [3.05, 3.63) is 30.3 Å². The number of carboxylic acid groups (broad SMARTS) is 1. The lowest BCUT2D eigenvalue weighted by molar-refractivity contribution is -0.148. The van der Waals surface area contributed by atoms with Crippen LogP contribution in [0.1, 0.15) is 13.3 Å². The summed E-state index contributed by atoms with van der Waals surface area (Å²) in [6.07, 6.45) is -2.25. The minimum absolute atomic E-state index is 0.485. The highest BCUT2D eigenvalue weighted by Gasteiger charge is 2.31. The summed E-state index contributed by atoms with van der Waals surface area (Å²) in [5.41, 5.74) is 5.63. The number of hydrogen-bond donors (Lipinski definition) is 5. The lowest BCUT2D eigenvalue weighted by Gasteiger charge is -2.23. The summed E-state index contributed by atoms with van der Waals surface area (Å²) >= 11 is 0. The van der Waals surface area contributed by atoms with Crippen molar-refractivity contribution in [2.75, 3.05) is 5.43 Å². The molecule has 7 nitrogen and oxygen atoms in total. The molecule has 0 fully saturated rings. The monoisotopic (exact) mass is 282 g/mol. The number of anilines is 1. The Labute approximate surface area is 116 Å². The Bertz CT molecular complexity index is 449. The van der Waals surface area contributed by atoms with Crippen molar-refractivity contribution in [3.63, 3.8) is 0 Å². The number of carboxylic acids is 1. The molecule has 1 rings (SSSR count). The molecule has 0 bridgehead atoms. The van der Waals surface area contributed by atoms with Gasteiger partial charge in [-0.3, -0.25) is 20.4 Å². The maximum atomic E-state index is 11.9. The molecule has 2 atom stereocenters. The van der Waals surface area contributed by atoms with Crippen molar-refractivity contribution in [2.45, 2.75) is 19.6 Å². The molecule has 0 radical (unpaired) electrons. The molecule has 1 aromatic rings. The van der Waals surface area contributed by atoms with E-state index in [4.69, 9.17) is 15.3 Å². The van der Waals surface area contributed by atoms with Crippen molar-refractivity contribution in [1.82, 2.24) is 5.43 Å². The van der Waals surface area contributed by atoms with Gasteiger partial charge in [-0.25, -0.2) is 0 Å². The first-order chi connectivity index (χ1) is 9.41. The fraction of sp³-hybridized carbons (Fsp3) is 0.385. The number of nitrogens with one attached hydrogen (secondary N) is 2. The average molecular weight is 282 g/mol. The molecule has 0 aromatic heterocycles. The number of amides is 1. The van der Waals surface area contributed by atoms with E-state index in [0.29, 0.717) is 5.69 Å². The Hall–Kier alpha value is -2.12. The lowest BCUT2D eigenvalue weighted by Crippen LogP contribution is -2.41. The molecule has 110 valence electrons. The summed E-state index contributed by atoms with van der Waals surface area (Å²) in [4.78, 5) is 22.7. The molecule has 7 heteroatoms. The number of aliphatic hydroxyl groups excluding tert-OH is 1. The minimum Gasteiger partial charge on any atom is -0.481 e. The standard InChI is InChI=1S/C13H18N2O5/c1-8(13(19)20)10(7-11(16)17)12(18)15-14-9-5-3-2-4-6-9/h2-6,8,10,13-14,19-20H,7H2,1H3,(H,15,18)(H,16,17). The number of carbonyl (C=O) groups is 2. The van der Waals surface area contributed by atoms with E-state index >= 15 is 0 Å². The van der Waals surface area contributed by atoms with E-state index in [2.05, 4.69) is 10.9 Å². The van der Waals surface area contributed by atoms with E-state index in [9.17, 15) is 9.59 Å². The van der Waals surface area contributed by atoms with Crippen molar-refractivity contribution in [3.8, 4) is 0 Å². The Kier molecular flexibility index (Phi) is 5.95. The number of aliphatic hydroxyl groups is 2. The summed E-state index contributed by atoms with van der Waals surface area (Å²) < 4.78 is 0. The quantitative estimate of drug-likeness (QED) is 0.359. The fourth-order valence-corrected chi connectivity index (χ4v) is 1.66. The molecule has 0 saturated carbocycles. The molecule has 0 heterocycles. The van der Waals surface area contributed by atoms with Gasteiger partial charge >= 0.3 is 5.97 Å². The zero-order valence-corrected chi connectivity index (χ0v) is 11.0. The molecule has 0 aliphatic rings. The number of hydrogen-bond acceptors (Lipinski definition) is 5. The predicted molar refractivity (Wildman–Crippen MR) is 71.3 cm³/mol. The molecule has 0 aliphatic carbocycles. The first kappa shape index (κ1) is 15.9. The zero-order chi connectivity index (χ0) is 15.1. The highest BCUT2D eigenvalue weighted by atomic mass is 16.5. The van der Waals surface area contributed by atoms with Crippen LogP contribution in [-0.4, -0.2) is 33.5 Å². The molecule has 2 unspecified atom stereocenters. The van der Waals surface area contributed by atoms with Crippen molar-refractivity contribution >= 4 is 17.6 Å². The van der Waals surface area contributed by atoms with E-state index in [0.717, 1.165) is 0 Å². The van der Waals surface area contributed by atoms with Crippen LogP contribution in [0.4, 0.5) is 5.69 Å². The van der Waals surface area contributed by atoms with Gasteiger partial charge in [0, 0.05) is 5.92 Å². The largest absolute Gasteiger partial charge is 0.481 e. The molecule has 0 saturated heterocycles. The second-order valence-electron chi connectivity index (χ2n) is 4.46. The van der Waals surface area contributed by atoms with Crippen LogP contribution in [0.15, 0.2) is 30.3 Å². The van der Waals surface area contributed by atoms with Gasteiger partial charge in [0.05, 0.1) is 18.0 Å². The van der Waals surface area contributed by atoms with Gasteiger partial charge < -0.3 is 15.3 Å². The number of rotatable bonds is 7. The third-order valence-corrected chi connectivity index (χ3v) is 2.94. The van der Waals surface area contributed by atoms with Gasteiger partial charge in [0.1, 0.15) is 0 Å². The lowest BCUT2D eigenvalue weighted by atomic mass is 9.90. The van der Waals surface area contributed by atoms with Gasteiger partial charge in [-0.15, -0.1) is 0 Å². The van der Waals surface area contributed by atoms with Crippen LogP contribution in [-0.2, 0) is 9.59 Å². The number of benzene rings is 1. The van der Waals surface area contributed by atoms with Crippen LogP contribution in [0, 0.1) is 11.8 Å². The second-order valence-corrected chi connectivity index (χ2v) is 4.46. The van der Waals surface area contributed by atoms with E-state index < -0.39 is 36.4 Å². The van der Waals surface area contributed by atoms with Crippen molar-refractivity contribution in [2.24, 2.45) is 11.8 Å². The van der Waals surface area contributed by atoms with Gasteiger partial charge in [0.2, 0.25) is 5.91 Å². The SMILES string of the molecule is CC(C(O)O)C(CC(=O)O)C(=O)NNc1ccccc1. The Morgan fingerprint density at radius 2 is 1.80 bits per heavy atom. The highest BCUT2D eigenvalue weighted by molar-refractivity contribution is 5.84. The molecule has 20 heavy (non-hydrogen) atoms. The molecule has 0 aliphatic heterocycles.